The number of ether oxygens (including phenoxy) is 1. The van der Waals surface area contributed by atoms with Crippen LogP contribution in [-0.4, -0.2) is 11.6 Å². The van der Waals surface area contributed by atoms with Crippen molar-refractivity contribution in [2.75, 3.05) is 5.32 Å². The number of hydrogen-bond donors (Lipinski definition) is 1. The average molecular weight is 329 g/mol. The van der Waals surface area contributed by atoms with Gasteiger partial charge in [0.2, 0.25) is 0 Å². The number of halogens is 1. The number of rotatable bonds is 6. The van der Waals surface area contributed by atoms with E-state index in [9.17, 15) is 9.18 Å². The van der Waals surface area contributed by atoms with Gasteiger partial charge < -0.3 is 10.1 Å². The highest BCUT2D eigenvalue weighted by molar-refractivity contribution is 5.70. The van der Waals surface area contributed by atoms with Crippen LogP contribution >= 0.6 is 0 Å². The quantitative estimate of drug-likeness (QED) is 0.780. The number of anilines is 1. The van der Waals surface area contributed by atoms with Crippen molar-refractivity contribution in [1.29, 1.82) is 0 Å². The monoisotopic (exact) mass is 329 g/mol. The third-order valence-corrected chi connectivity index (χ3v) is 3.40. The number of aryl methyl sites for hydroxylation is 1. The van der Waals surface area contributed by atoms with E-state index >= 15 is 0 Å². The molecule has 0 heterocycles. The minimum atomic E-state index is -0.519. The highest BCUT2D eigenvalue weighted by Gasteiger charge is 2.16. The van der Waals surface area contributed by atoms with Gasteiger partial charge >= 0.3 is 5.97 Å². The maximum absolute atomic E-state index is 13.9. The van der Waals surface area contributed by atoms with Crippen LogP contribution in [0.2, 0.25) is 0 Å². The molecule has 0 radical (unpaired) electrons. The summed E-state index contributed by atoms with van der Waals surface area (Å²) in [5.74, 6) is -0.617. The minimum absolute atomic E-state index is 0.163. The first-order valence-corrected chi connectivity index (χ1v) is 8.11. The molecule has 2 rings (SSSR count). The summed E-state index contributed by atoms with van der Waals surface area (Å²) in [5.41, 5.74) is 1.98. The summed E-state index contributed by atoms with van der Waals surface area (Å²) in [6.07, 6.45) is 0.484. The summed E-state index contributed by atoms with van der Waals surface area (Å²) < 4.78 is 19.2. The van der Waals surface area contributed by atoms with Crippen LogP contribution in [0.5, 0.6) is 0 Å². The van der Waals surface area contributed by atoms with Crippen LogP contribution in [0, 0.1) is 5.82 Å². The lowest BCUT2D eigenvalue weighted by molar-refractivity contribution is -0.154. The van der Waals surface area contributed by atoms with E-state index in [-0.39, 0.29) is 18.2 Å². The van der Waals surface area contributed by atoms with E-state index < -0.39 is 5.60 Å². The zero-order chi connectivity index (χ0) is 17.6. The third kappa shape index (κ3) is 6.03. The number of hydrogen-bond acceptors (Lipinski definition) is 3. The Bertz CT molecular complexity index is 678. The molecule has 128 valence electrons. The first kappa shape index (κ1) is 18.0. The molecular weight excluding hydrogens is 305 g/mol. The van der Waals surface area contributed by atoms with Gasteiger partial charge in [-0.1, -0.05) is 30.3 Å². The first-order valence-electron chi connectivity index (χ1n) is 8.11. The van der Waals surface area contributed by atoms with Crippen molar-refractivity contribution < 1.29 is 13.9 Å². The van der Waals surface area contributed by atoms with Gasteiger partial charge in [-0.15, -0.1) is 0 Å². The lowest BCUT2D eigenvalue weighted by atomic mass is 10.1. The number of nitrogens with one attached hydrogen (secondary N) is 1. The van der Waals surface area contributed by atoms with E-state index in [0.29, 0.717) is 18.5 Å². The van der Waals surface area contributed by atoms with Crippen LogP contribution in [-0.2, 0) is 22.5 Å². The molecule has 0 saturated carbocycles. The van der Waals surface area contributed by atoms with Gasteiger partial charge in [-0.25, -0.2) is 4.39 Å². The molecule has 4 heteroatoms. The largest absolute Gasteiger partial charge is 0.460 e. The minimum Gasteiger partial charge on any atom is -0.460 e. The predicted molar refractivity (Wildman–Crippen MR) is 94.3 cm³/mol. The van der Waals surface area contributed by atoms with E-state index in [1.54, 1.807) is 12.1 Å². The molecule has 0 saturated heterocycles. The van der Waals surface area contributed by atoms with Crippen LogP contribution in [0.3, 0.4) is 0 Å². The molecular formula is C20H24FNO2. The molecule has 0 aromatic heterocycles. The lowest BCUT2D eigenvalue weighted by Crippen LogP contribution is -2.24. The van der Waals surface area contributed by atoms with Crippen molar-refractivity contribution in [1.82, 2.24) is 0 Å². The molecule has 0 aliphatic heterocycles. The van der Waals surface area contributed by atoms with Gasteiger partial charge in [-0.2, -0.15) is 0 Å². The average Bonchev–Trinajstić information content (AvgIpc) is 2.52. The Labute approximate surface area is 142 Å². The zero-order valence-electron chi connectivity index (χ0n) is 14.4. The van der Waals surface area contributed by atoms with E-state index in [4.69, 9.17) is 4.74 Å². The number of carbonyl (C=O) groups excluding carboxylic acids is 1. The first-order chi connectivity index (χ1) is 11.3. The van der Waals surface area contributed by atoms with E-state index in [1.165, 1.54) is 6.07 Å². The summed E-state index contributed by atoms with van der Waals surface area (Å²) in [6.45, 7) is 6.12. The summed E-state index contributed by atoms with van der Waals surface area (Å²) in [7, 11) is 0. The zero-order valence-corrected chi connectivity index (χ0v) is 14.4. The standard InChI is InChI=1S/C20H24FNO2/c1-20(2,3)24-19(23)12-9-16-13-17(10-11-18(16)21)22-14-15-7-5-4-6-8-15/h4-8,10-11,13,22H,9,12,14H2,1-3H3. The molecule has 2 aromatic carbocycles. The van der Waals surface area contributed by atoms with Crippen LogP contribution in [0.1, 0.15) is 38.3 Å². The second kappa shape index (κ2) is 7.95. The summed E-state index contributed by atoms with van der Waals surface area (Å²) >= 11 is 0. The Morgan fingerprint density at radius 3 is 2.50 bits per heavy atom. The molecule has 0 unspecified atom stereocenters. The van der Waals surface area contributed by atoms with Crippen LogP contribution < -0.4 is 5.32 Å². The van der Waals surface area contributed by atoms with Gasteiger partial charge in [0.05, 0.1) is 0 Å². The Morgan fingerprint density at radius 1 is 1.12 bits per heavy atom. The third-order valence-electron chi connectivity index (χ3n) is 3.40. The van der Waals surface area contributed by atoms with Gasteiger partial charge in [-0.05, 0) is 56.5 Å². The van der Waals surface area contributed by atoms with E-state index in [0.717, 1.165) is 11.3 Å². The smallest absolute Gasteiger partial charge is 0.306 e. The maximum Gasteiger partial charge on any atom is 0.306 e. The van der Waals surface area contributed by atoms with Gasteiger partial charge in [0.15, 0.2) is 0 Å². The van der Waals surface area contributed by atoms with Crippen LogP contribution in [0.15, 0.2) is 48.5 Å². The van der Waals surface area contributed by atoms with Crippen molar-refractivity contribution in [3.63, 3.8) is 0 Å². The van der Waals surface area contributed by atoms with Gasteiger partial charge in [0.25, 0.3) is 0 Å². The van der Waals surface area contributed by atoms with Gasteiger partial charge in [0, 0.05) is 18.7 Å². The fourth-order valence-electron chi connectivity index (χ4n) is 2.31. The Morgan fingerprint density at radius 2 is 1.83 bits per heavy atom. The molecule has 0 atom stereocenters. The molecule has 2 aromatic rings. The molecule has 0 spiro atoms. The van der Waals surface area contributed by atoms with Crippen molar-refractivity contribution in [3.8, 4) is 0 Å². The summed E-state index contributed by atoms with van der Waals surface area (Å²) in [6, 6.07) is 14.9. The Kier molecular flexibility index (Phi) is 5.96. The Hall–Kier alpha value is -2.36. The summed E-state index contributed by atoms with van der Waals surface area (Å²) in [5, 5.41) is 3.27. The number of benzene rings is 2. The lowest BCUT2D eigenvalue weighted by Gasteiger charge is -2.19. The Balaban J connectivity index is 1.94. The van der Waals surface area contributed by atoms with Crippen molar-refractivity contribution in [3.05, 3.63) is 65.5 Å². The number of carbonyl (C=O) groups is 1. The fraction of sp³-hybridized carbons (Fsp3) is 0.350. The highest BCUT2D eigenvalue weighted by Crippen LogP contribution is 2.18. The van der Waals surface area contributed by atoms with Crippen molar-refractivity contribution in [2.45, 2.75) is 45.8 Å². The normalized spacial score (nSPS) is 11.2. The molecule has 0 bridgehead atoms. The highest BCUT2D eigenvalue weighted by atomic mass is 19.1. The van der Waals surface area contributed by atoms with Gasteiger partial charge in [-0.3, -0.25) is 4.79 Å². The van der Waals surface area contributed by atoms with Crippen LogP contribution in [0.4, 0.5) is 10.1 Å². The SMILES string of the molecule is CC(C)(C)OC(=O)CCc1cc(NCc2ccccc2)ccc1F. The molecule has 1 N–H and O–H groups in total. The molecule has 0 aliphatic rings. The van der Waals surface area contributed by atoms with E-state index in [1.807, 2.05) is 51.1 Å². The second-order valence-corrected chi connectivity index (χ2v) is 6.73. The predicted octanol–water partition coefficient (Wildman–Crippen LogP) is 4.71. The summed E-state index contributed by atoms with van der Waals surface area (Å²) in [4.78, 5) is 11.8. The second-order valence-electron chi connectivity index (χ2n) is 6.73. The van der Waals surface area contributed by atoms with Crippen molar-refractivity contribution in [2.24, 2.45) is 0 Å². The molecule has 0 aliphatic carbocycles. The topological polar surface area (TPSA) is 38.3 Å². The fourth-order valence-corrected chi connectivity index (χ4v) is 2.31. The number of esters is 1. The van der Waals surface area contributed by atoms with Crippen LogP contribution in [0.25, 0.3) is 0 Å². The van der Waals surface area contributed by atoms with Crippen molar-refractivity contribution >= 4 is 11.7 Å². The van der Waals surface area contributed by atoms with Gasteiger partial charge in [0.1, 0.15) is 11.4 Å². The maximum atomic E-state index is 13.9. The van der Waals surface area contributed by atoms with E-state index in [2.05, 4.69) is 5.32 Å². The molecule has 0 fully saturated rings. The molecule has 3 nitrogen and oxygen atoms in total. The molecule has 0 amide bonds. The molecule has 24 heavy (non-hydrogen) atoms.